The molecule has 0 aliphatic carbocycles. The van der Waals surface area contributed by atoms with Gasteiger partial charge in [0, 0.05) is 16.7 Å². The van der Waals surface area contributed by atoms with Crippen LogP contribution < -0.4 is 10.2 Å². The Balaban J connectivity index is 1.88. The number of hydrogen-bond donors (Lipinski definition) is 3. The van der Waals surface area contributed by atoms with Crippen LogP contribution in [0.15, 0.2) is 48.5 Å². The number of aromatic amines is 1. The first-order valence-electron chi connectivity index (χ1n) is 8.15. The highest BCUT2D eigenvalue weighted by Crippen LogP contribution is 2.31. The summed E-state index contributed by atoms with van der Waals surface area (Å²) in [6.45, 7) is 0. The van der Waals surface area contributed by atoms with Gasteiger partial charge < -0.3 is 9.72 Å². The lowest BCUT2D eigenvalue weighted by Crippen LogP contribution is -2.18. The van der Waals surface area contributed by atoms with Gasteiger partial charge in [-0.2, -0.15) is 0 Å². The number of carbonyl (C=O) groups is 2. The minimum atomic E-state index is -0.610. The molecule has 4 rings (SSSR count). The van der Waals surface area contributed by atoms with E-state index in [4.69, 9.17) is 9.94 Å². The Morgan fingerprint density at radius 2 is 2.04 bits per heavy atom. The van der Waals surface area contributed by atoms with Crippen LogP contribution in [0.25, 0.3) is 33.2 Å². The maximum atomic E-state index is 11.8. The van der Waals surface area contributed by atoms with Crippen LogP contribution in [0.1, 0.15) is 20.7 Å². The molecule has 4 aromatic rings. The van der Waals surface area contributed by atoms with E-state index in [0.29, 0.717) is 39.3 Å². The van der Waals surface area contributed by atoms with Crippen molar-refractivity contribution < 1.29 is 19.5 Å². The summed E-state index contributed by atoms with van der Waals surface area (Å²) in [7, 11) is 1.59. The molecule has 0 fully saturated rings. The maximum Gasteiger partial charge on any atom is 0.274 e. The number of amides is 1. The average Bonchev–Trinajstić information content (AvgIpc) is 3.14. The van der Waals surface area contributed by atoms with Crippen molar-refractivity contribution >= 4 is 34.0 Å². The van der Waals surface area contributed by atoms with Crippen molar-refractivity contribution in [3.05, 3.63) is 59.7 Å². The summed E-state index contributed by atoms with van der Waals surface area (Å²) in [5.41, 5.74) is 4.34. The second-order valence-corrected chi connectivity index (χ2v) is 5.99. The van der Waals surface area contributed by atoms with Crippen LogP contribution in [0.3, 0.4) is 0 Å². The maximum absolute atomic E-state index is 11.8. The van der Waals surface area contributed by atoms with Gasteiger partial charge in [-0.05, 0) is 53.2 Å². The molecule has 0 unspecified atom stereocenters. The van der Waals surface area contributed by atoms with Gasteiger partial charge in [-0.3, -0.25) is 14.8 Å². The number of hydrogen-bond acceptors (Lipinski definition) is 5. The zero-order valence-corrected chi connectivity index (χ0v) is 14.3. The summed E-state index contributed by atoms with van der Waals surface area (Å²) >= 11 is 0. The summed E-state index contributed by atoms with van der Waals surface area (Å²) in [6.07, 6.45) is 0.808. The van der Waals surface area contributed by atoms with Crippen LogP contribution in [0, 0.1) is 0 Å². The number of hydroxylamine groups is 1. The molecule has 0 spiro atoms. The SMILES string of the molecule is COc1ccc2c(C=O)c(-c3nc4ccc(C(=O)NO)cc4[nH]3)ccc2c1. The quantitative estimate of drug-likeness (QED) is 0.294. The fourth-order valence-corrected chi connectivity index (χ4v) is 3.14. The molecule has 7 nitrogen and oxygen atoms in total. The first-order chi connectivity index (χ1) is 13.1. The van der Waals surface area contributed by atoms with Crippen molar-refractivity contribution in [1.82, 2.24) is 15.4 Å². The minimum absolute atomic E-state index is 0.293. The van der Waals surface area contributed by atoms with Gasteiger partial charge in [0.2, 0.25) is 0 Å². The van der Waals surface area contributed by atoms with Gasteiger partial charge in [0.15, 0.2) is 6.29 Å². The topological polar surface area (TPSA) is 104 Å². The van der Waals surface area contributed by atoms with E-state index in [0.717, 1.165) is 17.1 Å². The van der Waals surface area contributed by atoms with Crippen molar-refractivity contribution in [3.8, 4) is 17.1 Å². The summed E-state index contributed by atoms with van der Waals surface area (Å²) in [6, 6.07) is 14.1. The normalized spacial score (nSPS) is 10.9. The standard InChI is InChI=1S/C20H15N3O4/c1-27-13-4-6-14-11(8-13)2-5-15(16(14)10-24)19-21-17-7-3-12(20(25)23-26)9-18(17)22-19/h2-10,26H,1H3,(H,21,22)(H,23,25). The predicted molar refractivity (Wildman–Crippen MR) is 100 cm³/mol. The van der Waals surface area contributed by atoms with Crippen molar-refractivity contribution in [2.45, 2.75) is 0 Å². The molecule has 0 aliphatic rings. The summed E-state index contributed by atoms with van der Waals surface area (Å²) in [5, 5.41) is 10.5. The van der Waals surface area contributed by atoms with E-state index in [2.05, 4.69) is 9.97 Å². The lowest BCUT2D eigenvalue weighted by Gasteiger charge is -2.08. The second-order valence-electron chi connectivity index (χ2n) is 5.99. The number of rotatable bonds is 4. The Labute approximate surface area is 153 Å². The van der Waals surface area contributed by atoms with Gasteiger partial charge in [0.1, 0.15) is 11.6 Å². The van der Waals surface area contributed by atoms with E-state index in [1.54, 1.807) is 36.9 Å². The molecule has 27 heavy (non-hydrogen) atoms. The number of aldehydes is 1. The third kappa shape index (κ3) is 2.80. The van der Waals surface area contributed by atoms with Crippen LogP contribution in [0.5, 0.6) is 5.75 Å². The molecule has 0 saturated carbocycles. The molecule has 1 amide bonds. The number of carbonyl (C=O) groups excluding carboxylic acids is 2. The number of H-pyrrole nitrogens is 1. The van der Waals surface area contributed by atoms with Crippen LogP contribution >= 0.6 is 0 Å². The monoisotopic (exact) mass is 361 g/mol. The molecule has 1 heterocycles. The van der Waals surface area contributed by atoms with Gasteiger partial charge in [-0.25, -0.2) is 10.5 Å². The molecule has 134 valence electrons. The number of methoxy groups -OCH3 is 1. The number of nitrogens with one attached hydrogen (secondary N) is 2. The van der Waals surface area contributed by atoms with Gasteiger partial charge >= 0.3 is 0 Å². The Morgan fingerprint density at radius 3 is 2.78 bits per heavy atom. The zero-order chi connectivity index (χ0) is 19.0. The molecular weight excluding hydrogens is 346 g/mol. The summed E-state index contributed by atoms with van der Waals surface area (Å²) < 4.78 is 5.23. The molecule has 3 aromatic carbocycles. The molecule has 0 atom stereocenters. The smallest absolute Gasteiger partial charge is 0.274 e. The highest BCUT2D eigenvalue weighted by Gasteiger charge is 2.14. The Kier molecular flexibility index (Phi) is 4.06. The molecule has 1 aromatic heterocycles. The van der Waals surface area contributed by atoms with Crippen molar-refractivity contribution in [3.63, 3.8) is 0 Å². The van der Waals surface area contributed by atoms with E-state index in [-0.39, 0.29) is 0 Å². The van der Waals surface area contributed by atoms with Gasteiger partial charge in [0.05, 0.1) is 18.1 Å². The third-order valence-corrected chi connectivity index (χ3v) is 4.49. The molecule has 3 N–H and O–H groups in total. The lowest BCUT2D eigenvalue weighted by molar-refractivity contribution is 0.0706. The first kappa shape index (κ1) is 16.7. The van der Waals surface area contributed by atoms with Crippen molar-refractivity contribution in [1.29, 1.82) is 0 Å². The van der Waals surface area contributed by atoms with E-state index in [9.17, 15) is 9.59 Å². The summed E-state index contributed by atoms with van der Waals surface area (Å²) in [4.78, 5) is 31.1. The van der Waals surface area contributed by atoms with Crippen LogP contribution in [-0.2, 0) is 0 Å². The number of fused-ring (bicyclic) bond motifs is 2. The molecule has 0 radical (unpaired) electrons. The fraction of sp³-hybridized carbons (Fsp3) is 0.0500. The number of nitrogens with zero attached hydrogens (tertiary/aromatic N) is 1. The number of benzene rings is 3. The predicted octanol–water partition coefficient (Wildman–Crippen LogP) is 3.32. The Bertz CT molecular complexity index is 1200. The highest BCUT2D eigenvalue weighted by atomic mass is 16.5. The van der Waals surface area contributed by atoms with Crippen molar-refractivity contribution in [2.75, 3.05) is 7.11 Å². The molecule has 0 saturated heterocycles. The molecular formula is C20H15N3O4. The molecule has 7 heteroatoms. The number of ether oxygens (including phenoxy) is 1. The Morgan fingerprint density at radius 1 is 1.19 bits per heavy atom. The first-order valence-corrected chi connectivity index (χ1v) is 8.15. The highest BCUT2D eigenvalue weighted by molar-refractivity contribution is 6.05. The number of aromatic nitrogens is 2. The lowest BCUT2D eigenvalue weighted by atomic mass is 9.99. The van der Waals surface area contributed by atoms with Crippen LogP contribution in [0.2, 0.25) is 0 Å². The second kappa shape index (κ2) is 6.54. The van der Waals surface area contributed by atoms with E-state index >= 15 is 0 Å². The van der Waals surface area contributed by atoms with Crippen LogP contribution in [-0.4, -0.2) is 34.5 Å². The minimum Gasteiger partial charge on any atom is -0.497 e. The zero-order valence-electron chi connectivity index (χ0n) is 14.3. The van der Waals surface area contributed by atoms with Gasteiger partial charge in [-0.15, -0.1) is 0 Å². The number of imidazole rings is 1. The van der Waals surface area contributed by atoms with E-state index < -0.39 is 5.91 Å². The van der Waals surface area contributed by atoms with Gasteiger partial charge in [-0.1, -0.05) is 6.07 Å². The average molecular weight is 361 g/mol. The van der Waals surface area contributed by atoms with Crippen LogP contribution in [0.4, 0.5) is 0 Å². The largest absolute Gasteiger partial charge is 0.497 e. The molecule has 0 bridgehead atoms. The van der Waals surface area contributed by atoms with Gasteiger partial charge in [0.25, 0.3) is 5.91 Å². The van der Waals surface area contributed by atoms with E-state index in [1.807, 2.05) is 24.3 Å². The third-order valence-electron chi connectivity index (χ3n) is 4.49. The van der Waals surface area contributed by atoms with E-state index in [1.165, 1.54) is 0 Å². The fourth-order valence-electron chi connectivity index (χ4n) is 3.14. The molecule has 0 aliphatic heterocycles. The summed E-state index contributed by atoms with van der Waals surface area (Å²) in [5.74, 6) is 0.623. The van der Waals surface area contributed by atoms with Crippen molar-refractivity contribution in [2.24, 2.45) is 0 Å². The Hall–Kier alpha value is -3.71.